The Kier molecular flexibility index (Phi) is 2.75. The zero-order valence-electron chi connectivity index (χ0n) is 7.82. The molecule has 12 heavy (non-hydrogen) atoms. The first kappa shape index (κ1) is 9.95. The SMILES string of the molecule is CC(N(C)C)S(=O)(=O)N1CCC1. The molecular weight excluding hydrogens is 176 g/mol. The Hall–Kier alpha value is -0.130. The van der Waals surface area contributed by atoms with Gasteiger partial charge in [0.25, 0.3) is 0 Å². The molecule has 0 amide bonds. The van der Waals surface area contributed by atoms with Gasteiger partial charge < -0.3 is 0 Å². The Bertz CT molecular complexity index is 244. The normalized spacial score (nSPS) is 22.3. The van der Waals surface area contributed by atoms with Crippen molar-refractivity contribution in [2.45, 2.75) is 18.7 Å². The zero-order valence-corrected chi connectivity index (χ0v) is 8.63. The molecule has 0 aliphatic carbocycles. The molecule has 0 bridgehead atoms. The standard InChI is InChI=1S/C7H16N2O2S/c1-7(8(2)3)12(10,11)9-5-4-6-9/h7H,4-6H2,1-3H3. The number of hydrogen-bond acceptors (Lipinski definition) is 3. The molecule has 0 spiro atoms. The molecule has 1 aliphatic heterocycles. The first-order valence-electron chi connectivity index (χ1n) is 4.11. The van der Waals surface area contributed by atoms with Crippen LogP contribution in [-0.4, -0.2) is 50.2 Å². The van der Waals surface area contributed by atoms with E-state index in [-0.39, 0.29) is 0 Å². The lowest BCUT2D eigenvalue weighted by atomic mass is 10.3. The van der Waals surface area contributed by atoms with Crippen molar-refractivity contribution in [3.63, 3.8) is 0 Å². The first-order chi connectivity index (χ1) is 5.46. The maximum absolute atomic E-state index is 11.6. The lowest BCUT2D eigenvalue weighted by molar-refractivity contribution is 0.284. The molecule has 0 radical (unpaired) electrons. The van der Waals surface area contributed by atoms with Crippen molar-refractivity contribution in [1.29, 1.82) is 0 Å². The highest BCUT2D eigenvalue weighted by atomic mass is 32.2. The van der Waals surface area contributed by atoms with Crippen LogP contribution in [-0.2, 0) is 10.0 Å². The second-order valence-corrected chi connectivity index (χ2v) is 5.59. The molecule has 4 nitrogen and oxygen atoms in total. The fourth-order valence-corrected chi connectivity index (χ4v) is 2.76. The van der Waals surface area contributed by atoms with Gasteiger partial charge in [0.2, 0.25) is 10.0 Å². The van der Waals surface area contributed by atoms with Crippen molar-refractivity contribution < 1.29 is 8.42 Å². The van der Waals surface area contributed by atoms with Gasteiger partial charge in [0.1, 0.15) is 5.37 Å². The molecule has 1 aliphatic rings. The molecule has 0 aromatic heterocycles. The number of nitrogens with zero attached hydrogens (tertiary/aromatic N) is 2. The van der Waals surface area contributed by atoms with Gasteiger partial charge in [-0.15, -0.1) is 0 Å². The maximum Gasteiger partial charge on any atom is 0.230 e. The third-order valence-corrected chi connectivity index (χ3v) is 4.70. The van der Waals surface area contributed by atoms with Crippen LogP contribution in [0.2, 0.25) is 0 Å². The predicted molar refractivity (Wildman–Crippen MR) is 48.3 cm³/mol. The van der Waals surface area contributed by atoms with Crippen molar-refractivity contribution in [3.05, 3.63) is 0 Å². The Morgan fingerprint density at radius 2 is 1.83 bits per heavy atom. The topological polar surface area (TPSA) is 40.6 Å². The van der Waals surface area contributed by atoms with Gasteiger partial charge in [0, 0.05) is 13.1 Å². The van der Waals surface area contributed by atoms with Crippen molar-refractivity contribution in [3.8, 4) is 0 Å². The van der Waals surface area contributed by atoms with Gasteiger partial charge >= 0.3 is 0 Å². The van der Waals surface area contributed by atoms with Crippen LogP contribution in [0.3, 0.4) is 0 Å². The molecule has 1 saturated heterocycles. The molecule has 1 atom stereocenters. The molecule has 0 aromatic rings. The highest BCUT2D eigenvalue weighted by Crippen LogP contribution is 2.17. The monoisotopic (exact) mass is 192 g/mol. The molecule has 1 heterocycles. The summed E-state index contributed by atoms with van der Waals surface area (Å²) in [6, 6.07) is 0. The zero-order chi connectivity index (χ0) is 9.35. The van der Waals surface area contributed by atoms with Crippen LogP contribution in [0.15, 0.2) is 0 Å². The van der Waals surface area contributed by atoms with E-state index >= 15 is 0 Å². The average Bonchev–Trinajstić information content (AvgIpc) is 1.80. The maximum atomic E-state index is 11.6. The summed E-state index contributed by atoms with van der Waals surface area (Å²) in [5, 5.41) is -0.405. The smallest absolute Gasteiger partial charge is 0.230 e. The van der Waals surface area contributed by atoms with E-state index in [1.165, 1.54) is 4.31 Å². The second-order valence-electron chi connectivity index (χ2n) is 3.36. The summed E-state index contributed by atoms with van der Waals surface area (Å²) in [6.45, 7) is 3.11. The van der Waals surface area contributed by atoms with Crippen molar-refractivity contribution in [2.24, 2.45) is 0 Å². The average molecular weight is 192 g/mol. The lowest BCUT2D eigenvalue weighted by Crippen LogP contribution is -2.49. The van der Waals surface area contributed by atoms with Crippen molar-refractivity contribution >= 4 is 10.0 Å². The van der Waals surface area contributed by atoms with Crippen LogP contribution >= 0.6 is 0 Å². The van der Waals surface area contributed by atoms with Crippen LogP contribution in [0.5, 0.6) is 0 Å². The highest BCUT2D eigenvalue weighted by molar-refractivity contribution is 7.89. The van der Waals surface area contributed by atoms with E-state index in [2.05, 4.69) is 0 Å². The van der Waals surface area contributed by atoms with E-state index in [9.17, 15) is 8.42 Å². The second kappa shape index (κ2) is 3.32. The minimum absolute atomic E-state index is 0.405. The Morgan fingerprint density at radius 3 is 2.08 bits per heavy atom. The van der Waals surface area contributed by atoms with E-state index in [4.69, 9.17) is 0 Å². The third kappa shape index (κ3) is 1.62. The first-order valence-corrected chi connectivity index (χ1v) is 5.62. The van der Waals surface area contributed by atoms with Gasteiger partial charge in [-0.1, -0.05) is 0 Å². The summed E-state index contributed by atoms with van der Waals surface area (Å²) >= 11 is 0. The molecular formula is C7H16N2O2S. The Balaban J connectivity index is 2.70. The number of sulfonamides is 1. The molecule has 5 heteroatoms. The molecule has 0 N–H and O–H groups in total. The summed E-state index contributed by atoms with van der Waals surface area (Å²) in [6.07, 6.45) is 0.999. The van der Waals surface area contributed by atoms with Crippen LogP contribution in [0.25, 0.3) is 0 Å². The predicted octanol–water partition coefficient (Wildman–Crippen LogP) is -0.0705. The highest BCUT2D eigenvalue weighted by Gasteiger charge is 2.33. The largest absolute Gasteiger partial charge is 0.293 e. The van der Waals surface area contributed by atoms with E-state index in [1.54, 1.807) is 25.9 Å². The van der Waals surface area contributed by atoms with Crippen LogP contribution in [0, 0.1) is 0 Å². The van der Waals surface area contributed by atoms with Gasteiger partial charge in [-0.25, -0.2) is 12.7 Å². The van der Waals surface area contributed by atoms with Crippen molar-refractivity contribution in [2.75, 3.05) is 27.2 Å². The summed E-state index contributed by atoms with van der Waals surface area (Å²) in [7, 11) is 0.517. The lowest BCUT2D eigenvalue weighted by Gasteiger charge is -2.34. The van der Waals surface area contributed by atoms with Gasteiger partial charge in [-0.3, -0.25) is 4.90 Å². The van der Waals surface area contributed by atoms with Crippen LogP contribution < -0.4 is 0 Å². The summed E-state index contributed by atoms with van der Waals surface area (Å²) < 4.78 is 24.8. The summed E-state index contributed by atoms with van der Waals surface area (Å²) in [5.74, 6) is 0. The number of hydrogen-bond donors (Lipinski definition) is 0. The molecule has 1 fully saturated rings. The molecule has 0 saturated carbocycles. The minimum atomic E-state index is -3.04. The fraction of sp³-hybridized carbons (Fsp3) is 1.00. The van der Waals surface area contributed by atoms with Gasteiger partial charge in [-0.2, -0.15) is 0 Å². The number of rotatable bonds is 3. The van der Waals surface area contributed by atoms with E-state index in [0.29, 0.717) is 13.1 Å². The molecule has 72 valence electrons. The van der Waals surface area contributed by atoms with E-state index < -0.39 is 15.4 Å². The third-order valence-electron chi connectivity index (χ3n) is 2.33. The van der Waals surface area contributed by atoms with Gasteiger partial charge in [0.05, 0.1) is 0 Å². The molecule has 1 rings (SSSR count). The van der Waals surface area contributed by atoms with Crippen LogP contribution in [0.4, 0.5) is 0 Å². The van der Waals surface area contributed by atoms with Crippen molar-refractivity contribution in [1.82, 2.24) is 9.21 Å². The van der Waals surface area contributed by atoms with Gasteiger partial charge in [-0.05, 0) is 27.4 Å². The summed E-state index contributed by atoms with van der Waals surface area (Å²) in [4.78, 5) is 1.72. The quantitative estimate of drug-likeness (QED) is 0.628. The van der Waals surface area contributed by atoms with E-state index in [0.717, 1.165) is 6.42 Å². The fourth-order valence-electron chi connectivity index (χ4n) is 1.02. The molecule has 0 aromatic carbocycles. The molecule has 1 unspecified atom stereocenters. The Labute approximate surface area is 74.2 Å². The minimum Gasteiger partial charge on any atom is -0.293 e. The van der Waals surface area contributed by atoms with Gasteiger partial charge in [0.15, 0.2) is 0 Å². The Morgan fingerprint density at radius 1 is 1.33 bits per heavy atom. The van der Waals surface area contributed by atoms with E-state index in [1.807, 2.05) is 0 Å². The summed E-state index contributed by atoms with van der Waals surface area (Å²) in [5.41, 5.74) is 0. The van der Waals surface area contributed by atoms with Crippen LogP contribution in [0.1, 0.15) is 13.3 Å².